The summed E-state index contributed by atoms with van der Waals surface area (Å²) in [5, 5.41) is 0. The predicted octanol–water partition coefficient (Wildman–Crippen LogP) is 3.77. The molecule has 2 rings (SSSR count). The van der Waals surface area contributed by atoms with Gasteiger partial charge in [-0.15, -0.1) is 0 Å². The van der Waals surface area contributed by atoms with E-state index >= 15 is 0 Å². The number of hydrogen-bond acceptors (Lipinski definition) is 2. The van der Waals surface area contributed by atoms with E-state index in [2.05, 4.69) is 24.3 Å². The van der Waals surface area contributed by atoms with Crippen molar-refractivity contribution < 1.29 is 4.74 Å². The van der Waals surface area contributed by atoms with Crippen LogP contribution in [0.15, 0.2) is 48.5 Å². The van der Waals surface area contributed by atoms with Crippen LogP contribution in [0, 0.1) is 0 Å². The van der Waals surface area contributed by atoms with Gasteiger partial charge in [0.1, 0.15) is 5.75 Å². The highest BCUT2D eigenvalue weighted by Crippen LogP contribution is 2.30. The topological polar surface area (TPSA) is 35.2 Å². The van der Waals surface area contributed by atoms with E-state index < -0.39 is 0 Å². The molecule has 0 aliphatic rings. The van der Waals surface area contributed by atoms with Gasteiger partial charge in [0, 0.05) is 11.6 Å². The van der Waals surface area contributed by atoms with Crippen LogP contribution in [-0.4, -0.2) is 6.61 Å². The fourth-order valence-corrected chi connectivity index (χ4v) is 1.98. The summed E-state index contributed by atoms with van der Waals surface area (Å²) in [5.41, 5.74) is 9.32. The van der Waals surface area contributed by atoms with Crippen LogP contribution in [0.25, 0.3) is 11.1 Å². The molecule has 2 aromatic rings. The zero-order valence-corrected chi connectivity index (χ0v) is 10.9. The second kappa shape index (κ2) is 5.69. The van der Waals surface area contributed by atoms with Crippen LogP contribution < -0.4 is 10.5 Å². The Balaban J connectivity index is 2.45. The summed E-state index contributed by atoms with van der Waals surface area (Å²) in [4.78, 5) is 0. The fourth-order valence-electron chi connectivity index (χ4n) is 1.98. The Morgan fingerprint density at radius 3 is 2.61 bits per heavy atom. The fraction of sp³-hybridized carbons (Fsp3) is 0.250. The van der Waals surface area contributed by atoms with Crippen LogP contribution in [-0.2, 0) is 0 Å². The Morgan fingerprint density at radius 1 is 1.11 bits per heavy atom. The Hall–Kier alpha value is -1.80. The zero-order chi connectivity index (χ0) is 13.0. The molecule has 1 atom stereocenters. The van der Waals surface area contributed by atoms with Crippen LogP contribution in [0.3, 0.4) is 0 Å². The summed E-state index contributed by atoms with van der Waals surface area (Å²) in [5.74, 6) is 0.918. The molecule has 94 valence electrons. The quantitative estimate of drug-likeness (QED) is 0.884. The lowest BCUT2D eigenvalue weighted by molar-refractivity contribution is 0.341. The lowest BCUT2D eigenvalue weighted by atomic mass is 10.00. The normalized spacial score (nSPS) is 12.2. The number of benzene rings is 2. The summed E-state index contributed by atoms with van der Waals surface area (Å²) in [6.07, 6.45) is 0. The van der Waals surface area contributed by atoms with Crippen LogP contribution in [0.5, 0.6) is 5.75 Å². The lowest BCUT2D eigenvalue weighted by Crippen LogP contribution is -2.04. The molecule has 0 saturated heterocycles. The van der Waals surface area contributed by atoms with Crippen molar-refractivity contribution in [3.05, 3.63) is 54.1 Å². The molecule has 18 heavy (non-hydrogen) atoms. The number of ether oxygens (including phenoxy) is 1. The zero-order valence-electron chi connectivity index (χ0n) is 10.9. The first-order valence-electron chi connectivity index (χ1n) is 6.30. The summed E-state index contributed by atoms with van der Waals surface area (Å²) in [6.45, 7) is 4.66. The van der Waals surface area contributed by atoms with Gasteiger partial charge < -0.3 is 10.5 Å². The van der Waals surface area contributed by atoms with E-state index in [9.17, 15) is 0 Å². The van der Waals surface area contributed by atoms with Gasteiger partial charge in [0.25, 0.3) is 0 Å². The van der Waals surface area contributed by atoms with Gasteiger partial charge >= 0.3 is 0 Å². The van der Waals surface area contributed by atoms with E-state index in [0.29, 0.717) is 6.61 Å². The number of para-hydroxylation sites is 1. The van der Waals surface area contributed by atoms with Gasteiger partial charge in [-0.05, 0) is 37.1 Å². The van der Waals surface area contributed by atoms with Gasteiger partial charge in [0.2, 0.25) is 0 Å². The third-order valence-electron chi connectivity index (χ3n) is 2.91. The van der Waals surface area contributed by atoms with Crippen LogP contribution in [0.2, 0.25) is 0 Å². The third-order valence-corrected chi connectivity index (χ3v) is 2.91. The van der Waals surface area contributed by atoms with Gasteiger partial charge in [-0.25, -0.2) is 0 Å². The lowest BCUT2D eigenvalue weighted by Gasteiger charge is -2.12. The minimum absolute atomic E-state index is 0.0456. The highest BCUT2D eigenvalue weighted by Gasteiger charge is 2.07. The first-order chi connectivity index (χ1) is 8.72. The molecule has 0 amide bonds. The predicted molar refractivity (Wildman–Crippen MR) is 75.6 cm³/mol. The maximum absolute atomic E-state index is 5.93. The van der Waals surface area contributed by atoms with E-state index in [0.717, 1.165) is 22.4 Å². The van der Waals surface area contributed by atoms with Crippen molar-refractivity contribution in [2.75, 3.05) is 6.61 Å². The molecule has 0 aromatic heterocycles. The standard InChI is InChI=1S/C16H19NO/c1-3-18-16-10-5-4-9-15(16)14-8-6-7-13(11-14)12(2)17/h4-12H,3,17H2,1-2H3/t12-/m1/s1. The Kier molecular flexibility index (Phi) is 4.00. The van der Waals surface area contributed by atoms with Gasteiger partial charge in [0.15, 0.2) is 0 Å². The van der Waals surface area contributed by atoms with Crippen molar-refractivity contribution in [3.63, 3.8) is 0 Å². The second-order valence-corrected chi connectivity index (χ2v) is 4.34. The van der Waals surface area contributed by atoms with Crippen molar-refractivity contribution in [2.45, 2.75) is 19.9 Å². The van der Waals surface area contributed by atoms with Crippen LogP contribution >= 0.6 is 0 Å². The van der Waals surface area contributed by atoms with Gasteiger partial charge in [0.05, 0.1) is 6.61 Å². The van der Waals surface area contributed by atoms with Crippen molar-refractivity contribution in [1.29, 1.82) is 0 Å². The summed E-state index contributed by atoms with van der Waals surface area (Å²) in [6, 6.07) is 16.4. The first kappa shape index (κ1) is 12.7. The minimum atomic E-state index is 0.0456. The smallest absolute Gasteiger partial charge is 0.127 e. The van der Waals surface area contributed by atoms with Crippen LogP contribution in [0.1, 0.15) is 25.5 Å². The largest absolute Gasteiger partial charge is 0.493 e. The van der Waals surface area contributed by atoms with Gasteiger partial charge in [-0.1, -0.05) is 36.4 Å². The van der Waals surface area contributed by atoms with Gasteiger partial charge in [-0.3, -0.25) is 0 Å². The molecule has 2 nitrogen and oxygen atoms in total. The van der Waals surface area contributed by atoms with Crippen molar-refractivity contribution in [3.8, 4) is 16.9 Å². The Labute approximate surface area is 108 Å². The summed E-state index contributed by atoms with van der Waals surface area (Å²) in [7, 11) is 0. The molecule has 2 heteroatoms. The maximum atomic E-state index is 5.93. The number of rotatable bonds is 4. The van der Waals surface area contributed by atoms with E-state index in [1.54, 1.807) is 0 Å². The van der Waals surface area contributed by atoms with Crippen molar-refractivity contribution in [1.82, 2.24) is 0 Å². The molecule has 0 aliphatic carbocycles. The van der Waals surface area contributed by atoms with Crippen LogP contribution in [0.4, 0.5) is 0 Å². The monoisotopic (exact) mass is 241 g/mol. The first-order valence-corrected chi connectivity index (χ1v) is 6.30. The number of hydrogen-bond donors (Lipinski definition) is 1. The average Bonchev–Trinajstić information content (AvgIpc) is 2.40. The molecule has 0 heterocycles. The van der Waals surface area contributed by atoms with Crippen molar-refractivity contribution in [2.24, 2.45) is 5.73 Å². The Bertz CT molecular complexity index is 520. The second-order valence-electron chi connectivity index (χ2n) is 4.34. The number of nitrogens with two attached hydrogens (primary N) is 1. The molecule has 0 aliphatic heterocycles. The highest BCUT2D eigenvalue weighted by molar-refractivity contribution is 5.71. The molecular weight excluding hydrogens is 222 g/mol. The van der Waals surface area contributed by atoms with E-state index in [-0.39, 0.29) is 6.04 Å². The molecule has 0 unspecified atom stereocenters. The minimum Gasteiger partial charge on any atom is -0.493 e. The molecule has 0 fully saturated rings. The molecule has 0 bridgehead atoms. The SMILES string of the molecule is CCOc1ccccc1-c1cccc([C@@H](C)N)c1. The summed E-state index contributed by atoms with van der Waals surface area (Å²) < 4.78 is 5.66. The van der Waals surface area contributed by atoms with E-state index in [4.69, 9.17) is 10.5 Å². The van der Waals surface area contributed by atoms with Gasteiger partial charge in [-0.2, -0.15) is 0 Å². The molecule has 0 radical (unpaired) electrons. The van der Waals surface area contributed by atoms with E-state index in [1.807, 2.05) is 38.1 Å². The molecule has 0 spiro atoms. The molecular formula is C16H19NO. The van der Waals surface area contributed by atoms with E-state index in [1.165, 1.54) is 0 Å². The van der Waals surface area contributed by atoms with Crippen molar-refractivity contribution >= 4 is 0 Å². The summed E-state index contributed by atoms with van der Waals surface area (Å²) >= 11 is 0. The molecule has 0 saturated carbocycles. The third kappa shape index (κ3) is 2.71. The molecule has 2 N–H and O–H groups in total. The maximum Gasteiger partial charge on any atom is 0.127 e. The average molecular weight is 241 g/mol. The highest BCUT2D eigenvalue weighted by atomic mass is 16.5. The Morgan fingerprint density at radius 2 is 1.89 bits per heavy atom. The molecule has 2 aromatic carbocycles.